The fraction of sp³-hybridized carbons (Fsp3) is 0.667. The van der Waals surface area contributed by atoms with E-state index in [1.807, 2.05) is 36.4 Å². The molecule has 0 saturated heterocycles. The number of hydrogen-bond donors (Lipinski definition) is 4. The van der Waals surface area contributed by atoms with Gasteiger partial charge in [0.1, 0.15) is 11.6 Å². The van der Waals surface area contributed by atoms with Crippen LogP contribution in [0.3, 0.4) is 0 Å². The van der Waals surface area contributed by atoms with Crippen molar-refractivity contribution in [3.05, 3.63) is 47.5 Å². The summed E-state index contributed by atoms with van der Waals surface area (Å²) in [6.07, 6.45) is 14.6. The highest BCUT2D eigenvalue weighted by atomic mass is 32.2. The van der Waals surface area contributed by atoms with E-state index < -0.39 is 50.8 Å². The number of benzene rings is 1. The Kier molecular flexibility index (Phi) is 11.3. The average Bonchev–Trinajstić information content (AvgIpc) is 4.01. The molecule has 12 nitrogen and oxygen atoms in total. The lowest BCUT2D eigenvalue weighted by Crippen LogP contribution is -2.59. The Bertz CT molecular complexity index is 1500. The number of amides is 4. The first-order valence-electron chi connectivity index (χ1n) is 18.2. The summed E-state index contributed by atoms with van der Waals surface area (Å²) in [5, 5.41) is 8.65. The number of nitrogens with one attached hydrogen (secondary N) is 4. The third-order valence-electron chi connectivity index (χ3n) is 10.8. The molecule has 13 heteroatoms. The average molecular weight is 698 g/mol. The van der Waals surface area contributed by atoms with Gasteiger partial charge in [-0.1, -0.05) is 68.5 Å². The van der Waals surface area contributed by atoms with Crippen LogP contribution in [0.15, 0.2) is 36.4 Å². The molecule has 3 aliphatic carbocycles. The van der Waals surface area contributed by atoms with E-state index in [-0.39, 0.29) is 31.3 Å². The van der Waals surface area contributed by atoms with E-state index in [0.717, 1.165) is 56.2 Å². The minimum Gasteiger partial charge on any atom is -0.449 e. The molecule has 2 heterocycles. The Morgan fingerprint density at radius 3 is 2.33 bits per heavy atom. The third kappa shape index (κ3) is 9.02. The van der Waals surface area contributed by atoms with Gasteiger partial charge < -0.3 is 20.7 Å². The van der Waals surface area contributed by atoms with Gasteiger partial charge in [-0.2, -0.15) is 0 Å². The molecule has 4 atom stereocenters. The van der Waals surface area contributed by atoms with Crippen molar-refractivity contribution in [2.24, 2.45) is 11.8 Å². The van der Waals surface area contributed by atoms with Crippen LogP contribution < -0.4 is 20.7 Å². The molecule has 268 valence electrons. The van der Waals surface area contributed by atoms with Gasteiger partial charge in [0.15, 0.2) is 0 Å². The normalized spacial score (nSPS) is 28.9. The van der Waals surface area contributed by atoms with E-state index >= 15 is 0 Å². The van der Waals surface area contributed by atoms with Crippen molar-refractivity contribution in [1.82, 2.24) is 25.6 Å². The molecule has 2 aliphatic heterocycles. The van der Waals surface area contributed by atoms with Crippen molar-refractivity contribution in [1.29, 1.82) is 0 Å². The maximum Gasteiger partial charge on any atom is 0.410 e. The molecule has 5 aliphatic rings. The zero-order chi connectivity index (χ0) is 34.4. The van der Waals surface area contributed by atoms with E-state index in [1.165, 1.54) is 19.3 Å². The summed E-state index contributed by atoms with van der Waals surface area (Å²) >= 11 is 0. The van der Waals surface area contributed by atoms with Crippen LogP contribution in [0.25, 0.3) is 0 Å². The second-order valence-electron chi connectivity index (χ2n) is 14.6. The van der Waals surface area contributed by atoms with Gasteiger partial charge in [-0.25, -0.2) is 13.2 Å². The molecular weight excluding hydrogens is 646 g/mol. The molecule has 4 N–H and O–H groups in total. The van der Waals surface area contributed by atoms with Gasteiger partial charge in [0.2, 0.25) is 21.8 Å². The Labute approximate surface area is 289 Å². The lowest BCUT2D eigenvalue weighted by molar-refractivity contribution is -0.133. The summed E-state index contributed by atoms with van der Waals surface area (Å²) in [6.45, 7) is 1.46. The molecule has 3 fully saturated rings. The number of ether oxygens (including phenoxy) is 1. The SMILES string of the molecule is O=C1N[C@@H](CCOC(=O)N2Cc3ccccc3C2)C(=O)N[C@@]2(C(=O)NS(=O)(=O)C3CC3)CC2/C=C\CCCCC[C@@H]1NCC1CCCCC1. The quantitative estimate of drug-likeness (QED) is 0.285. The van der Waals surface area contributed by atoms with Crippen LogP contribution in [0.1, 0.15) is 101 Å². The predicted octanol–water partition coefficient (Wildman–Crippen LogP) is 3.56. The summed E-state index contributed by atoms with van der Waals surface area (Å²) < 4.78 is 33.3. The van der Waals surface area contributed by atoms with Crippen molar-refractivity contribution < 1.29 is 32.3 Å². The molecule has 0 aromatic heterocycles. The van der Waals surface area contributed by atoms with E-state index in [1.54, 1.807) is 4.90 Å². The fourth-order valence-electron chi connectivity index (χ4n) is 7.40. The summed E-state index contributed by atoms with van der Waals surface area (Å²) in [4.78, 5) is 56.0. The van der Waals surface area contributed by atoms with Gasteiger partial charge in [0.05, 0.1) is 17.9 Å². The monoisotopic (exact) mass is 697 g/mol. The molecule has 3 saturated carbocycles. The van der Waals surface area contributed by atoms with E-state index in [9.17, 15) is 27.6 Å². The van der Waals surface area contributed by atoms with Crippen molar-refractivity contribution in [3.8, 4) is 0 Å². The lowest BCUT2D eigenvalue weighted by Gasteiger charge is -2.28. The number of carbonyl (C=O) groups excluding carboxylic acids is 4. The van der Waals surface area contributed by atoms with Crippen LogP contribution in [-0.4, -0.2) is 73.2 Å². The van der Waals surface area contributed by atoms with Crippen LogP contribution >= 0.6 is 0 Å². The highest BCUT2D eigenvalue weighted by Crippen LogP contribution is 2.45. The largest absolute Gasteiger partial charge is 0.449 e. The number of nitrogens with zero attached hydrogens (tertiary/aromatic N) is 1. The molecule has 0 radical (unpaired) electrons. The Morgan fingerprint density at radius 1 is 0.918 bits per heavy atom. The standard InChI is InChI=1S/C36H51N5O7S/c42-32-30(37-22-25-11-5-4-6-12-25)16-8-3-1-2-7-15-28-21-36(28,34(44)40-49(46,47)29-17-18-29)39-33(43)31(38-32)19-20-48-35(45)41-23-26-13-9-10-14-27(26)24-41/h7,9-10,13-15,25,28-31,37H,1-6,8,11-12,16-24H2,(H,38,42)(H,39,43)(H,40,44)/b15-7-/t28?,30-,31-,36-/m0/s1. The molecule has 0 spiro atoms. The van der Waals surface area contributed by atoms with E-state index in [4.69, 9.17) is 4.74 Å². The van der Waals surface area contributed by atoms with Crippen LogP contribution in [0, 0.1) is 11.8 Å². The maximum absolute atomic E-state index is 14.0. The van der Waals surface area contributed by atoms with Gasteiger partial charge >= 0.3 is 6.09 Å². The summed E-state index contributed by atoms with van der Waals surface area (Å²) in [5.74, 6) is -1.56. The third-order valence-corrected chi connectivity index (χ3v) is 12.6. The number of sulfonamides is 1. The smallest absolute Gasteiger partial charge is 0.410 e. The minimum atomic E-state index is -3.84. The fourth-order valence-corrected chi connectivity index (χ4v) is 8.77. The number of allylic oxidation sites excluding steroid dienone is 1. The van der Waals surface area contributed by atoms with E-state index in [0.29, 0.717) is 38.3 Å². The number of rotatable bonds is 9. The Hall–Kier alpha value is -3.45. The zero-order valence-corrected chi connectivity index (χ0v) is 29.1. The minimum absolute atomic E-state index is 0.0158. The summed E-state index contributed by atoms with van der Waals surface area (Å²) in [7, 11) is -3.84. The van der Waals surface area contributed by atoms with Gasteiger partial charge in [-0.3, -0.25) is 24.0 Å². The molecule has 4 amide bonds. The lowest BCUT2D eigenvalue weighted by atomic mass is 9.89. The predicted molar refractivity (Wildman–Crippen MR) is 183 cm³/mol. The second-order valence-corrected chi connectivity index (χ2v) is 16.5. The van der Waals surface area contributed by atoms with Crippen molar-refractivity contribution >= 4 is 33.8 Å². The van der Waals surface area contributed by atoms with Crippen molar-refractivity contribution in [2.45, 2.75) is 126 Å². The second kappa shape index (κ2) is 15.6. The topological polar surface area (TPSA) is 163 Å². The van der Waals surface area contributed by atoms with Gasteiger partial charge in [0, 0.05) is 25.4 Å². The maximum atomic E-state index is 14.0. The molecule has 49 heavy (non-hydrogen) atoms. The first kappa shape index (κ1) is 35.4. The van der Waals surface area contributed by atoms with Crippen molar-refractivity contribution in [2.75, 3.05) is 13.2 Å². The van der Waals surface area contributed by atoms with Crippen molar-refractivity contribution in [3.63, 3.8) is 0 Å². The van der Waals surface area contributed by atoms with Gasteiger partial charge in [-0.15, -0.1) is 0 Å². The highest BCUT2D eigenvalue weighted by molar-refractivity contribution is 7.91. The number of carbonyl (C=O) groups is 4. The van der Waals surface area contributed by atoms with Crippen LogP contribution in [0.5, 0.6) is 0 Å². The number of hydrogen-bond acceptors (Lipinski definition) is 8. The summed E-state index contributed by atoms with van der Waals surface area (Å²) in [6, 6.07) is 6.18. The Morgan fingerprint density at radius 2 is 1.61 bits per heavy atom. The summed E-state index contributed by atoms with van der Waals surface area (Å²) in [5.41, 5.74) is 0.662. The molecule has 1 aromatic rings. The zero-order valence-electron chi connectivity index (χ0n) is 28.3. The molecule has 6 rings (SSSR count). The first-order valence-corrected chi connectivity index (χ1v) is 19.8. The highest BCUT2D eigenvalue weighted by Gasteiger charge is 2.61. The van der Waals surface area contributed by atoms with E-state index in [2.05, 4.69) is 20.7 Å². The molecule has 0 bridgehead atoms. The van der Waals surface area contributed by atoms with Crippen LogP contribution in [0.2, 0.25) is 0 Å². The molecule has 1 unspecified atom stereocenters. The molecule has 1 aromatic carbocycles. The number of fused-ring (bicyclic) bond motifs is 2. The Balaban J connectivity index is 1.16. The van der Waals surface area contributed by atoms with Gasteiger partial charge in [0.25, 0.3) is 5.91 Å². The van der Waals surface area contributed by atoms with Crippen LogP contribution in [-0.2, 0) is 42.2 Å². The van der Waals surface area contributed by atoms with Crippen LogP contribution in [0.4, 0.5) is 4.79 Å². The molecular formula is C36H51N5O7S. The van der Waals surface area contributed by atoms with Gasteiger partial charge in [-0.05, 0) is 75.0 Å². The first-order chi connectivity index (χ1) is 23.6.